The molecule has 0 saturated heterocycles. The molecule has 0 amide bonds. The summed E-state index contributed by atoms with van der Waals surface area (Å²) in [5.41, 5.74) is 3.82. The van der Waals surface area contributed by atoms with E-state index in [-0.39, 0.29) is 0 Å². The molecule has 0 unspecified atom stereocenters. The first-order valence-corrected chi connectivity index (χ1v) is 6.07. The van der Waals surface area contributed by atoms with Gasteiger partial charge in [0.2, 0.25) is 0 Å². The van der Waals surface area contributed by atoms with Crippen LogP contribution in [0.2, 0.25) is 0 Å². The lowest BCUT2D eigenvalue weighted by atomic mass is 10.0. The molecule has 2 aromatic carbocycles. The Balaban J connectivity index is 2.23. The number of hydrogen-bond acceptors (Lipinski definition) is 1. The molecule has 88 valence electrons. The molecule has 0 saturated carbocycles. The van der Waals surface area contributed by atoms with Gasteiger partial charge in [-0.15, -0.1) is 0 Å². The van der Waals surface area contributed by atoms with E-state index >= 15 is 0 Å². The first-order chi connectivity index (χ1) is 8.18. The third kappa shape index (κ3) is 2.68. The van der Waals surface area contributed by atoms with Crippen molar-refractivity contribution in [3.8, 4) is 0 Å². The number of rotatable bonds is 3. The minimum Gasteiger partial charge on any atom is -0.345 e. The van der Waals surface area contributed by atoms with Gasteiger partial charge in [-0.3, -0.25) is 0 Å². The Labute approximate surface area is 104 Å². The van der Waals surface area contributed by atoms with Gasteiger partial charge in [0.1, 0.15) is 0 Å². The van der Waals surface area contributed by atoms with Gasteiger partial charge in [-0.2, -0.15) is 0 Å². The highest BCUT2D eigenvalue weighted by atomic mass is 15.1. The van der Waals surface area contributed by atoms with Gasteiger partial charge in [-0.25, -0.2) is 0 Å². The summed E-state index contributed by atoms with van der Waals surface area (Å²) in [7, 11) is 2.10. The quantitative estimate of drug-likeness (QED) is 0.739. The molecule has 0 aliphatic carbocycles. The van der Waals surface area contributed by atoms with Crippen LogP contribution >= 0.6 is 0 Å². The highest BCUT2D eigenvalue weighted by molar-refractivity contribution is 5.62. The molecule has 0 N–H and O–H groups in total. The number of para-hydroxylation sites is 1. The lowest BCUT2D eigenvalue weighted by Crippen LogP contribution is -2.09. The van der Waals surface area contributed by atoms with Gasteiger partial charge in [0.25, 0.3) is 0 Å². The van der Waals surface area contributed by atoms with Crippen LogP contribution < -0.4 is 4.90 Å². The summed E-state index contributed by atoms with van der Waals surface area (Å²) in [5.74, 6) is 0.589. The Morgan fingerprint density at radius 3 is 1.82 bits per heavy atom. The monoisotopic (exact) mass is 225 g/mol. The fourth-order valence-corrected chi connectivity index (χ4v) is 1.88. The van der Waals surface area contributed by atoms with E-state index in [1.54, 1.807) is 0 Å². The molecule has 0 atom stereocenters. The fraction of sp³-hybridized carbons (Fsp3) is 0.250. The lowest BCUT2D eigenvalue weighted by Gasteiger charge is -2.20. The average molecular weight is 225 g/mol. The molecular weight excluding hydrogens is 206 g/mol. The Bertz CT molecular complexity index is 457. The van der Waals surface area contributed by atoms with Crippen LogP contribution in [0.3, 0.4) is 0 Å². The maximum absolute atomic E-state index is 2.22. The molecule has 1 heteroatoms. The van der Waals surface area contributed by atoms with Crippen LogP contribution in [0.5, 0.6) is 0 Å². The van der Waals surface area contributed by atoms with Gasteiger partial charge in [-0.05, 0) is 35.7 Å². The average Bonchev–Trinajstić information content (AvgIpc) is 2.39. The molecule has 0 fully saturated rings. The maximum Gasteiger partial charge on any atom is 0.0408 e. The fourth-order valence-electron chi connectivity index (χ4n) is 1.88. The van der Waals surface area contributed by atoms with Crippen LogP contribution in [0.1, 0.15) is 25.3 Å². The van der Waals surface area contributed by atoms with Crippen LogP contribution in [0.15, 0.2) is 54.6 Å². The van der Waals surface area contributed by atoms with Crippen molar-refractivity contribution in [2.24, 2.45) is 0 Å². The topological polar surface area (TPSA) is 3.24 Å². The molecule has 0 heterocycles. The van der Waals surface area contributed by atoms with Gasteiger partial charge in [-0.1, -0.05) is 44.2 Å². The van der Waals surface area contributed by atoms with Crippen LogP contribution in [-0.4, -0.2) is 7.05 Å². The number of benzene rings is 2. The normalized spacial score (nSPS) is 10.6. The Hall–Kier alpha value is -1.76. The summed E-state index contributed by atoms with van der Waals surface area (Å²) in [5, 5.41) is 0. The van der Waals surface area contributed by atoms with Crippen molar-refractivity contribution in [3.05, 3.63) is 60.2 Å². The molecule has 2 rings (SSSR count). The molecule has 0 aliphatic heterocycles. The summed E-state index contributed by atoms with van der Waals surface area (Å²) in [6.45, 7) is 4.44. The van der Waals surface area contributed by atoms with Crippen molar-refractivity contribution in [2.75, 3.05) is 11.9 Å². The SMILES string of the molecule is CC(C)c1ccc(N(C)c2ccccc2)cc1. The summed E-state index contributed by atoms with van der Waals surface area (Å²) in [6.07, 6.45) is 0. The smallest absolute Gasteiger partial charge is 0.0408 e. The molecule has 0 aliphatic rings. The van der Waals surface area contributed by atoms with E-state index in [0.717, 1.165) is 0 Å². The van der Waals surface area contributed by atoms with Gasteiger partial charge < -0.3 is 4.90 Å². The van der Waals surface area contributed by atoms with Crippen molar-refractivity contribution < 1.29 is 0 Å². The number of nitrogens with zero attached hydrogens (tertiary/aromatic N) is 1. The zero-order chi connectivity index (χ0) is 12.3. The molecule has 17 heavy (non-hydrogen) atoms. The number of hydrogen-bond donors (Lipinski definition) is 0. The zero-order valence-corrected chi connectivity index (χ0v) is 10.7. The second-order valence-corrected chi connectivity index (χ2v) is 4.64. The summed E-state index contributed by atoms with van der Waals surface area (Å²) >= 11 is 0. The molecule has 0 aromatic heterocycles. The second-order valence-electron chi connectivity index (χ2n) is 4.64. The molecule has 2 aromatic rings. The first kappa shape index (κ1) is 11.7. The number of anilines is 2. The van der Waals surface area contributed by atoms with E-state index in [9.17, 15) is 0 Å². The molecule has 1 nitrogen and oxygen atoms in total. The van der Waals surface area contributed by atoms with Crippen LogP contribution in [0.4, 0.5) is 11.4 Å². The van der Waals surface area contributed by atoms with Crippen molar-refractivity contribution >= 4 is 11.4 Å². The lowest BCUT2D eigenvalue weighted by molar-refractivity contribution is 0.866. The maximum atomic E-state index is 2.22. The first-order valence-electron chi connectivity index (χ1n) is 6.07. The van der Waals surface area contributed by atoms with E-state index < -0.39 is 0 Å². The highest BCUT2D eigenvalue weighted by Crippen LogP contribution is 2.25. The van der Waals surface area contributed by atoms with Crippen molar-refractivity contribution in [3.63, 3.8) is 0 Å². The van der Waals surface area contributed by atoms with Crippen LogP contribution in [0.25, 0.3) is 0 Å². The van der Waals surface area contributed by atoms with Crippen LogP contribution in [-0.2, 0) is 0 Å². The molecular formula is C16H19N. The highest BCUT2D eigenvalue weighted by Gasteiger charge is 2.04. The minimum absolute atomic E-state index is 0.589. The van der Waals surface area contributed by atoms with E-state index in [1.165, 1.54) is 16.9 Å². The summed E-state index contributed by atoms with van der Waals surface area (Å²) in [6, 6.07) is 19.2. The predicted octanol–water partition coefficient (Wildman–Crippen LogP) is 4.58. The second kappa shape index (κ2) is 5.05. The molecule has 0 radical (unpaired) electrons. The van der Waals surface area contributed by atoms with Gasteiger partial charge in [0, 0.05) is 18.4 Å². The van der Waals surface area contributed by atoms with E-state index in [2.05, 4.69) is 74.3 Å². The Kier molecular flexibility index (Phi) is 3.48. The van der Waals surface area contributed by atoms with Crippen molar-refractivity contribution in [1.82, 2.24) is 0 Å². The predicted molar refractivity (Wildman–Crippen MR) is 75.0 cm³/mol. The third-order valence-electron chi connectivity index (χ3n) is 3.09. The Morgan fingerprint density at radius 1 is 0.765 bits per heavy atom. The third-order valence-corrected chi connectivity index (χ3v) is 3.09. The van der Waals surface area contributed by atoms with Gasteiger partial charge >= 0.3 is 0 Å². The van der Waals surface area contributed by atoms with E-state index in [0.29, 0.717) is 5.92 Å². The van der Waals surface area contributed by atoms with Gasteiger partial charge in [0.05, 0.1) is 0 Å². The molecule has 0 bridgehead atoms. The largest absolute Gasteiger partial charge is 0.345 e. The van der Waals surface area contributed by atoms with Crippen molar-refractivity contribution in [1.29, 1.82) is 0 Å². The van der Waals surface area contributed by atoms with Crippen molar-refractivity contribution in [2.45, 2.75) is 19.8 Å². The van der Waals surface area contributed by atoms with Gasteiger partial charge in [0.15, 0.2) is 0 Å². The van der Waals surface area contributed by atoms with E-state index in [4.69, 9.17) is 0 Å². The molecule has 0 spiro atoms. The van der Waals surface area contributed by atoms with Crippen LogP contribution in [0, 0.1) is 0 Å². The zero-order valence-electron chi connectivity index (χ0n) is 10.7. The summed E-state index contributed by atoms with van der Waals surface area (Å²) in [4.78, 5) is 2.20. The van der Waals surface area contributed by atoms with E-state index in [1.807, 2.05) is 6.07 Å². The summed E-state index contributed by atoms with van der Waals surface area (Å²) < 4.78 is 0. The minimum atomic E-state index is 0.589. The Morgan fingerprint density at radius 2 is 1.29 bits per heavy atom. The standard InChI is InChI=1S/C16H19N/c1-13(2)14-9-11-16(12-10-14)17(3)15-7-5-4-6-8-15/h4-13H,1-3H3.